The molecule has 0 aliphatic carbocycles. The third-order valence-electron chi connectivity index (χ3n) is 1.29. The molecular weight excluding hydrogens is 187 g/mol. The second-order valence-electron chi connectivity index (χ2n) is 2.01. The van der Waals surface area contributed by atoms with E-state index in [4.69, 9.17) is 0 Å². The van der Waals surface area contributed by atoms with Crippen molar-refractivity contribution in [3.05, 3.63) is 0 Å². The van der Waals surface area contributed by atoms with E-state index >= 15 is 0 Å². The van der Waals surface area contributed by atoms with Gasteiger partial charge in [-0.3, -0.25) is 0 Å². The van der Waals surface area contributed by atoms with E-state index in [0.29, 0.717) is 0 Å². The minimum atomic E-state index is -3.84. The van der Waals surface area contributed by atoms with E-state index in [1.165, 1.54) is 0 Å². The topological polar surface area (TPSA) is 83.6 Å². The first-order chi connectivity index (χ1) is 4.55. The summed E-state index contributed by atoms with van der Waals surface area (Å²) in [4.78, 5) is 4.27. The quantitative estimate of drug-likeness (QED) is 0.295. The summed E-state index contributed by atoms with van der Waals surface area (Å²) >= 11 is 0. The van der Waals surface area contributed by atoms with Gasteiger partial charge in [-0.2, -0.15) is 0 Å². The van der Waals surface area contributed by atoms with Gasteiger partial charge in [0.2, 0.25) is 0 Å². The van der Waals surface area contributed by atoms with E-state index in [9.17, 15) is 8.42 Å². The molecule has 1 unspecified atom stereocenters. The summed E-state index contributed by atoms with van der Waals surface area (Å²) in [5.41, 5.74) is 0. The molecule has 58 valence electrons. The second-order valence-corrected chi connectivity index (χ2v) is 6.54. The molecule has 3 saturated heterocycles. The first-order valence-corrected chi connectivity index (χ1v) is 5.60. The average molecular weight is 188 g/mol. The van der Waals surface area contributed by atoms with Crippen molar-refractivity contribution in [2.24, 2.45) is 0 Å². The molecule has 3 aliphatic rings. The molecule has 3 rings (SSSR count). The van der Waals surface area contributed by atoms with Crippen molar-refractivity contribution in [2.75, 3.05) is 0 Å². The Kier molecular flexibility index (Phi) is 0.608. The molecule has 0 aromatic carbocycles. The molecule has 3 aliphatic heterocycles. The third-order valence-corrected chi connectivity index (χ3v) is 6.50. The van der Waals surface area contributed by atoms with Crippen LogP contribution in [0.1, 0.15) is 0 Å². The van der Waals surface area contributed by atoms with Gasteiger partial charge in [0, 0.05) is 0 Å². The number of rotatable bonds is 0. The van der Waals surface area contributed by atoms with Crippen molar-refractivity contribution >= 4 is 17.9 Å². The fraction of sp³-hybridized carbons (Fsp3) is 1.00. The molecule has 1 atom stereocenters. The van der Waals surface area contributed by atoms with Crippen molar-refractivity contribution in [3.8, 4) is 0 Å². The van der Waals surface area contributed by atoms with Crippen LogP contribution in [0.2, 0.25) is 0 Å². The molecule has 0 radical (unpaired) electrons. The molecule has 9 heteroatoms. The van der Waals surface area contributed by atoms with Gasteiger partial charge in [-0.05, 0) is 0 Å². The van der Waals surface area contributed by atoms with Gasteiger partial charge in [0.15, 0.2) is 0 Å². The SMILES string of the molecule is O=S1(=O)OP23(OOC2O3)O1. The van der Waals surface area contributed by atoms with Gasteiger partial charge in [-0.15, -0.1) is 0 Å². The van der Waals surface area contributed by atoms with Gasteiger partial charge in [-0.1, -0.05) is 0 Å². The molecule has 0 aromatic heterocycles. The van der Waals surface area contributed by atoms with E-state index in [1.807, 2.05) is 0 Å². The number of hydrogen-bond acceptors (Lipinski definition) is 7. The van der Waals surface area contributed by atoms with Crippen molar-refractivity contribution in [1.82, 2.24) is 0 Å². The molecule has 0 saturated carbocycles. The molecule has 1 spiro atoms. The Balaban J connectivity index is 2.02. The van der Waals surface area contributed by atoms with Crippen molar-refractivity contribution in [1.29, 1.82) is 0 Å². The summed E-state index contributed by atoms with van der Waals surface area (Å²) < 4.78 is 38.2. The maximum atomic E-state index is 10.3. The van der Waals surface area contributed by atoms with E-state index in [0.717, 1.165) is 0 Å². The van der Waals surface area contributed by atoms with Crippen LogP contribution in [0, 0.1) is 0 Å². The second kappa shape index (κ2) is 1.05. The molecule has 0 bridgehead atoms. The van der Waals surface area contributed by atoms with Gasteiger partial charge in [0.25, 0.3) is 0 Å². The Morgan fingerprint density at radius 2 is 2.00 bits per heavy atom. The van der Waals surface area contributed by atoms with Crippen LogP contribution in [-0.2, 0) is 32.4 Å². The van der Waals surface area contributed by atoms with Gasteiger partial charge >= 0.3 is 54.4 Å². The van der Waals surface area contributed by atoms with Crippen LogP contribution >= 0.6 is 7.51 Å². The zero-order chi connectivity index (χ0) is 7.06. The van der Waals surface area contributed by atoms with E-state index < -0.39 is 23.9 Å². The van der Waals surface area contributed by atoms with E-state index in [1.54, 1.807) is 0 Å². The molecule has 7 nitrogen and oxygen atoms in total. The maximum absolute atomic E-state index is 10.3. The molecule has 0 N–H and O–H groups in total. The summed E-state index contributed by atoms with van der Waals surface area (Å²) in [7, 11) is -7.36. The molecule has 3 fully saturated rings. The van der Waals surface area contributed by atoms with Gasteiger partial charge in [0.1, 0.15) is 0 Å². The Morgan fingerprint density at radius 3 is 2.10 bits per heavy atom. The molecule has 0 aromatic rings. The molecule has 3 heterocycles. The van der Waals surface area contributed by atoms with Gasteiger partial charge in [0.05, 0.1) is 0 Å². The van der Waals surface area contributed by atoms with Crippen molar-refractivity contribution < 1.29 is 30.4 Å². The minimum absolute atomic E-state index is 0.727. The van der Waals surface area contributed by atoms with E-state index in [-0.39, 0.29) is 0 Å². The molecular formula is CHO7PS. The van der Waals surface area contributed by atoms with Gasteiger partial charge in [-0.25, -0.2) is 0 Å². The molecule has 10 heavy (non-hydrogen) atoms. The summed E-state index contributed by atoms with van der Waals surface area (Å²) in [5.74, 6) is 0. The van der Waals surface area contributed by atoms with Crippen LogP contribution in [-0.4, -0.2) is 14.4 Å². The predicted molar refractivity (Wildman–Crippen MR) is 25.1 cm³/mol. The standard InChI is InChI=1S/CHO7PS/c2-10(3)7-9(8-10)1(5-9)4-6-9/h1H. The Hall–Kier alpha value is 0.180. The average Bonchev–Trinajstić information content (AvgIpc) is 2.11. The monoisotopic (exact) mass is 188 g/mol. The Bertz CT molecular complexity index is 298. The Labute approximate surface area is 55.3 Å². The van der Waals surface area contributed by atoms with Crippen LogP contribution in [0.25, 0.3) is 0 Å². The fourth-order valence-corrected chi connectivity index (χ4v) is 5.59. The van der Waals surface area contributed by atoms with Crippen LogP contribution in [0.4, 0.5) is 0 Å². The fourth-order valence-electron chi connectivity index (χ4n) is 0.819. The number of hydrogen-bond donors (Lipinski definition) is 0. The zero-order valence-electron chi connectivity index (χ0n) is 4.29. The molecule has 0 amide bonds. The zero-order valence-corrected chi connectivity index (χ0v) is 6.00. The summed E-state index contributed by atoms with van der Waals surface area (Å²) in [6.07, 6.45) is 0. The Morgan fingerprint density at radius 1 is 1.30 bits per heavy atom. The third kappa shape index (κ3) is 0.383. The van der Waals surface area contributed by atoms with Crippen LogP contribution in [0.5, 0.6) is 0 Å². The first kappa shape index (κ1) is 5.78. The van der Waals surface area contributed by atoms with Gasteiger partial charge < -0.3 is 0 Å². The summed E-state index contributed by atoms with van der Waals surface area (Å²) in [6, 6.07) is -0.727. The van der Waals surface area contributed by atoms with Crippen LogP contribution < -0.4 is 0 Å². The van der Waals surface area contributed by atoms with E-state index in [2.05, 4.69) is 22.0 Å². The van der Waals surface area contributed by atoms with Crippen molar-refractivity contribution in [2.45, 2.75) is 6.03 Å². The summed E-state index contributed by atoms with van der Waals surface area (Å²) in [6.45, 7) is 0. The predicted octanol–water partition coefficient (Wildman–Crippen LogP) is -0.233. The van der Waals surface area contributed by atoms with Crippen molar-refractivity contribution in [3.63, 3.8) is 0 Å². The van der Waals surface area contributed by atoms with Crippen LogP contribution in [0.15, 0.2) is 0 Å². The normalized spacial score (nSPS) is 52.8. The summed E-state index contributed by atoms with van der Waals surface area (Å²) in [5, 5.41) is 0. The first-order valence-electron chi connectivity index (χ1n) is 2.29. The van der Waals surface area contributed by atoms with Crippen LogP contribution in [0.3, 0.4) is 0 Å².